The van der Waals surface area contributed by atoms with E-state index in [0.29, 0.717) is 22.8 Å². The van der Waals surface area contributed by atoms with Crippen LogP contribution in [-0.4, -0.2) is 62.4 Å². The summed E-state index contributed by atoms with van der Waals surface area (Å²) in [4.78, 5) is 2.56. The lowest BCUT2D eigenvalue weighted by Gasteiger charge is -2.27. The normalized spacial score (nSPS) is 17.6. The second kappa shape index (κ2) is 6.21. The Labute approximate surface area is 120 Å². The number of rotatable bonds is 5. The molecule has 8 heteroatoms. The molecule has 7 nitrogen and oxygen atoms in total. The highest BCUT2D eigenvalue weighted by Crippen LogP contribution is 2.17. The highest BCUT2D eigenvalue weighted by Gasteiger charge is 2.23. The van der Waals surface area contributed by atoms with Gasteiger partial charge in [0.1, 0.15) is 4.90 Å². The van der Waals surface area contributed by atoms with E-state index in [1.165, 1.54) is 0 Å². The molecule has 0 atom stereocenters. The van der Waals surface area contributed by atoms with Crippen LogP contribution in [0.4, 0.5) is 0 Å². The predicted molar refractivity (Wildman–Crippen MR) is 77.2 cm³/mol. The SMILES string of the molecule is Cc1nn(C)c(C)c1S(=O)(=O)NCCN1CCNCC1. The number of hydrogen-bond donors (Lipinski definition) is 2. The second-order valence-corrected chi connectivity index (χ2v) is 6.82. The molecule has 2 rings (SSSR count). The van der Waals surface area contributed by atoms with Crippen molar-refractivity contribution in [2.45, 2.75) is 18.7 Å². The van der Waals surface area contributed by atoms with Gasteiger partial charge in [-0.05, 0) is 13.8 Å². The number of nitrogens with one attached hydrogen (secondary N) is 2. The molecule has 1 aliphatic heterocycles. The fourth-order valence-corrected chi connectivity index (χ4v) is 3.94. The molecule has 0 unspecified atom stereocenters. The maximum atomic E-state index is 12.3. The molecule has 0 bridgehead atoms. The lowest BCUT2D eigenvalue weighted by molar-refractivity contribution is 0.245. The van der Waals surface area contributed by atoms with Crippen LogP contribution in [-0.2, 0) is 17.1 Å². The summed E-state index contributed by atoms with van der Waals surface area (Å²) in [5.74, 6) is 0. The molecule has 20 heavy (non-hydrogen) atoms. The second-order valence-electron chi connectivity index (χ2n) is 5.11. The minimum atomic E-state index is -3.48. The summed E-state index contributed by atoms with van der Waals surface area (Å²) in [6.07, 6.45) is 0. The van der Waals surface area contributed by atoms with E-state index in [0.717, 1.165) is 32.7 Å². The Morgan fingerprint density at radius 1 is 1.30 bits per heavy atom. The van der Waals surface area contributed by atoms with Crippen molar-refractivity contribution in [1.29, 1.82) is 0 Å². The third-order valence-electron chi connectivity index (χ3n) is 3.64. The lowest BCUT2D eigenvalue weighted by atomic mass is 10.3. The first-order valence-corrected chi connectivity index (χ1v) is 8.33. The molecule has 1 aromatic rings. The number of sulfonamides is 1. The minimum Gasteiger partial charge on any atom is -0.314 e. The highest BCUT2D eigenvalue weighted by molar-refractivity contribution is 7.89. The Bertz CT molecular complexity index is 561. The average molecular weight is 301 g/mol. The minimum absolute atomic E-state index is 0.306. The van der Waals surface area contributed by atoms with Crippen LogP contribution in [0.2, 0.25) is 0 Å². The lowest BCUT2D eigenvalue weighted by Crippen LogP contribution is -2.46. The zero-order valence-corrected chi connectivity index (χ0v) is 13.1. The van der Waals surface area contributed by atoms with Crippen LogP contribution in [0.15, 0.2) is 4.90 Å². The molecule has 1 fully saturated rings. The summed E-state index contributed by atoms with van der Waals surface area (Å²) in [5.41, 5.74) is 1.21. The van der Waals surface area contributed by atoms with Gasteiger partial charge in [0.25, 0.3) is 0 Å². The van der Waals surface area contributed by atoms with E-state index in [9.17, 15) is 8.42 Å². The van der Waals surface area contributed by atoms with Gasteiger partial charge in [-0.3, -0.25) is 9.58 Å². The van der Waals surface area contributed by atoms with E-state index >= 15 is 0 Å². The Morgan fingerprint density at radius 3 is 2.50 bits per heavy atom. The van der Waals surface area contributed by atoms with Crippen molar-refractivity contribution in [2.75, 3.05) is 39.3 Å². The van der Waals surface area contributed by atoms with Crippen LogP contribution in [0.5, 0.6) is 0 Å². The zero-order valence-electron chi connectivity index (χ0n) is 12.3. The number of hydrogen-bond acceptors (Lipinski definition) is 5. The van der Waals surface area contributed by atoms with Crippen LogP contribution < -0.4 is 10.0 Å². The van der Waals surface area contributed by atoms with E-state index in [4.69, 9.17) is 0 Å². The van der Waals surface area contributed by atoms with Crippen molar-refractivity contribution in [1.82, 2.24) is 24.7 Å². The Kier molecular flexibility index (Phi) is 4.79. The summed E-state index contributed by atoms with van der Waals surface area (Å²) in [5, 5.41) is 7.43. The summed E-state index contributed by atoms with van der Waals surface area (Å²) in [6, 6.07) is 0. The van der Waals surface area contributed by atoms with Gasteiger partial charge in [0.2, 0.25) is 10.0 Å². The molecule has 0 saturated carbocycles. The van der Waals surface area contributed by atoms with Crippen molar-refractivity contribution in [2.24, 2.45) is 7.05 Å². The van der Waals surface area contributed by atoms with Gasteiger partial charge in [-0.15, -0.1) is 0 Å². The van der Waals surface area contributed by atoms with Crippen molar-refractivity contribution < 1.29 is 8.42 Å². The maximum Gasteiger partial charge on any atom is 0.244 e. The topological polar surface area (TPSA) is 79.3 Å². The summed E-state index contributed by atoms with van der Waals surface area (Å²) in [6.45, 7) is 8.51. The quantitative estimate of drug-likeness (QED) is 0.746. The van der Waals surface area contributed by atoms with E-state index in [2.05, 4.69) is 20.0 Å². The molecule has 0 aliphatic carbocycles. The van der Waals surface area contributed by atoms with Crippen molar-refractivity contribution in [3.63, 3.8) is 0 Å². The number of piperazine rings is 1. The summed E-state index contributed by atoms with van der Waals surface area (Å²) < 4.78 is 28.9. The van der Waals surface area contributed by atoms with E-state index in [1.54, 1.807) is 25.6 Å². The molecule has 1 aliphatic rings. The molecule has 2 heterocycles. The van der Waals surface area contributed by atoms with Crippen LogP contribution in [0.25, 0.3) is 0 Å². The van der Waals surface area contributed by atoms with Gasteiger partial charge in [-0.25, -0.2) is 13.1 Å². The average Bonchev–Trinajstić information content (AvgIpc) is 2.64. The number of aryl methyl sites for hydroxylation is 2. The third kappa shape index (κ3) is 3.38. The zero-order chi connectivity index (χ0) is 14.8. The molecule has 1 saturated heterocycles. The van der Waals surface area contributed by atoms with Crippen LogP contribution >= 0.6 is 0 Å². The molecule has 0 radical (unpaired) electrons. The molecular weight excluding hydrogens is 278 g/mol. The molecular formula is C12H23N5O2S. The largest absolute Gasteiger partial charge is 0.314 e. The van der Waals surface area contributed by atoms with E-state index in [1.807, 2.05) is 0 Å². The molecule has 2 N–H and O–H groups in total. The van der Waals surface area contributed by atoms with Crippen LogP contribution in [0.1, 0.15) is 11.4 Å². The number of aromatic nitrogens is 2. The maximum absolute atomic E-state index is 12.3. The van der Waals surface area contributed by atoms with Gasteiger partial charge < -0.3 is 5.32 Å². The van der Waals surface area contributed by atoms with Crippen molar-refractivity contribution in [3.8, 4) is 0 Å². The van der Waals surface area contributed by atoms with Gasteiger partial charge in [0.15, 0.2) is 0 Å². The predicted octanol–water partition coefficient (Wildman–Crippen LogP) is -0.780. The first kappa shape index (κ1) is 15.4. The molecule has 114 valence electrons. The van der Waals surface area contributed by atoms with Crippen molar-refractivity contribution >= 4 is 10.0 Å². The Balaban J connectivity index is 1.97. The van der Waals surface area contributed by atoms with E-state index in [-0.39, 0.29) is 0 Å². The fourth-order valence-electron chi connectivity index (χ4n) is 2.49. The standard InChI is InChI=1S/C12H23N5O2S/c1-10-12(11(2)16(3)15-10)20(18,19)14-6-9-17-7-4-13-5-8-17/h13-14H,4-9H2,1-3H3. The third-order valence-corrected chi connectivity index (χ3v) is 5.35. The Morgan fingerprint density at radius 2 is 1.95 bits per heavy atom. The fraction of sp³-hybridized carbons (Fsp3) is 0.750. The monoisotopic (exact) mass is 301 g/mol. The van der Waals surface area contributed by atoms with Crippen LogP contribution in [0.3, 0.4) is 0 Å². The summed E-state index contributed by atoms with van der Waals surface area (Å²) in [7, 11) is -1.73. The van der Waals surface area contributed by atoms with Gasteiger partial charge in [-0.1, -0.05) is 0 Å². The first-order chi connectivity index (χ1) is 9.42. The molecule has 0 spiro atoms. The van der Waals surface area contributed by atoms with Crippen LogP contribution in [0, 0.1) is 13.8 Å². The van der Waals surface area contributed by atoms with Gasteiger partial charge in [0, 0.05) is 46.3 Å². The molecule has 0 amide bonds. The van der Waals surface area contributed by atoms with Crippen molar-refractivity contribution in [3.05, 3.63) is 11.4 Å². The molecule has 1 aromatic heterocycles. The first-order valence-electron chi connectivity index (χ1n) is 6.85. The van der Waals surface area contributed by atoms with Gasteiger partial charge in [0.05, 0.1) is 11.4 Å². The van der Waals surface area contributed by atoms with Gasteiger partial charge in [-0.2, -0.15) is 5.10 Å². The smallest absolute Gasteiger partial charge is 0.244 e. The Hall–Kier alpha value is -0.960. The van der Waals surface area contributed by atoms with E-state index < -0.39 is 10.0 Å². The summed E-state index contributed by atoms with van der Waals surface area (Å²) >= 11 is 0. The highest BCUT2D eigenvalue weighted by atomic mass is 32.2. The molecule has 0 aromatic carbocycles. The van der Waals surface area contributed by atoms with Gasteiger partial charge >= 0.3 is 0 Å². The number of nitrogens with zero attached hydrogens (tertiary/aromatic N) is 3.